The zero-order chi connectivity index (χ0) is 15.4. The smallest absolute Gasteiger partial charge is 0.216 e. The third kappa shape index (κ3) is 3.11. The van der Waals surface area contributed by atoms with E-state index < -0.39 is 0 Å². The Morgan fingerprint density at radius 1 is 1.32 bits per heavy atom. The van der Waals surface area contributed by atoms with Gasteiger partial charge in [0.15, 0.2) is 5.82 Å². The zero-order valence-corrected chi connectivity index (χ0v) is 13.5. The molecule has 0 bridgehead atoms. The van der Waals surface area contributed by atoms with Crippen LogP contribution in [0.25, 0.3) is 0 Å². The van der Waals surface area contributed by atoms with Gasteiger partial charge in [-0.1, -0.05) is 31.4 Å². The molecule has 0 amide bonds. The van der Waals surface area contributed by atoms with Crippen molar-refractivity contribution in [3.05, 3.63) is 40.4 Å². The molecule has 1 aromatic carbocycles. The predicted octanol–water partition coefficient (Wildman–Crippen LogP) is 3.88. The number of methoxy groups -OCH3 is 1. The van der Waals surface area contributed by atoms with Crippen molar-refractivity contribution in [2.45, 2.75) is 38.0 Å². The predicted molar refractivity (Wildman–Crippen MR) is 89.2 cm³/mol. The van der Waals surface area contributed by atoms with Crippen LogP contribution in [0.2, 0.25) is 0 Å². The van der Waals surface area contributed by atoms with E-state index >= 15 is 0 Å². The molecule has 2 aromatic rings. The van der Waals surface area contributed by atoms with Crippen LogP contribution in [0, 0.1) is 4.77 Å². The Hall–Kier alpha value is -1.95. The molecule has 0 saturated heterocycles. The summed E-state index contributed by atoms with van der Waals surface area (Å²) in [5.74, 6) is 2.17. The maximum atomic E-state index is 5.34. The molecule has 1 heterocycles. The van der Waals surface area contributed by atoms with E-state index in [9.17, 15) is 0 Å². The second-order valence-electron chi connectivity index (χ2n) is 5.52. The number of aromatic amines is 1. The number of benzene rings is 1. The third-order valence-corrected chi connectivity index (χ3v) is 4.36. The molecule has 0 unspecified atom stereocenters. The summed E-state index contributed by atoms with van der Waals surface area (Å²) < 4.78 is 7.62. The molecular weight excluding hydrogens is 296 g/mol. The second-order valence-corrected chi connectivity index (χ2v) is 5.91. The summed E-state index contributed by atoms with van der Waals surface area (Å²) in [5.41, 5.74) is 0.919. The molecule has 22 heavy (non-hydrogen) atoms. The minimum atomic E-state index is 0.441. The zero-order valence-electron chi connectivity index (χ0n) is 12.7. The molecule has 1 aliphatic rings. The van der Waals surface area contributed by atoms with Crippen LogP contribution >= 0.6 is 12.2 Å². The van der Waals surface area contributed by atoms with E-state index in [4.69, 9.17) is 17.0 Å². The Labute approximate surface area is 135 Å². The van der Waals surface area contributed by atoms with Crippen molar-refractivity contribution in [2.24, 2.45) is 5.10 Å². The topological polar surface area (TPSA) is 55.2 Å². The van der Waals surface area contributed by atoms with Crippen LogP contribution in [0.1, 0.15) is 49.4 Å². The highest BCUT2D eigenvalue weighted by molar-refractivity contribution is 7.71. The third-order valence-electron chi connectivity index (χ3n) is 4.10. The van der Waals surface area contributed by atoms with E-state index in [1.165, 1.54) is 19.3 Å². The lowest BCUT2D eigenvalue weighted by molar-refractivity contribution is 0.414. The van der Waals surface area contributed by atoms with Crippen molar-refractivity contribution in [2.75, 3.05) is 7.11 Å². The Bertz CT molecular complexity index is 713. The SMILES string of the molecule is COc1ccccc1/C=N/n1c(C2CCCCC2)n[nH]c1=S. The first-order valence-electron chi connectivity index (χ1n) is 7.64. The van der Waals surface area contributed by atoms with E-state index in [-0.39, 0.29) is 0 Å². The Balaban J connectivity index is 1.90. The highest BCUT2D eigenvalue weighted by Crippen LogP contribution is 2.31. The average Bonchev–Trinajstić information content (AvgIpc) is 2.95. The molecule has 3 rings (SSSR count). The van der Waals surface area contributed by atoms with Crippen LogP contribution in [-0.4, -0.2) is 28.2 Å². The first-order valence-corrected chi connectivity index (χ1v) is 8.05. The van der Waals surface area contributed by atoms with E-state index in [0.29, 0.717) is 10.7 Å². The number of para-hydroxylation sites is 1. The van der Waals surface area contributed by atoms with Crippen molar-refractivity contribution < 1.29 is 4.74 Å². The quantitative estimate of drug-likeness (QED) is 0.688. The van der Waals surface area contributed by atoms with Gasteiger partial charge in [-0.3, -0.25) is 5.10 Å². The number of nitrogens with zero attached hydrogens (tertiary/aromatic N) is 3. The monoisotopic (exact) mass is 316 g/mol. The summed E-state index contributed by atoms with van der Waals surface area (Å²) in [5, 5.41) is 11.8. The molecule has 1 saturated carbocycles. The van der Waals surface area contributed by atoms with Gasteiger partial charge in [-0.25, -0.2) is 0 Å². The number of hydrogen-bond acceptors (Lipinski definition) is 4. The van der Waals surface area contributed by atoms with Crippen molar-refractivity contribution in [1.29, 1.82) is 0 Å². The largest absolute Gasteiger partial charge is 0.496 e. The van der Waals surface area contributed by atoms with Gasteiger partial charge in [-0.15, -0.1) is 0 Å². The van der Waals surface area contributed by atoms with Gasteiger partial charge >= 0.3 is 0 Å². The normalized spacial score (nSPS) is 16.2. The molecule has 1 fully saturated rings. The average molecular weight is 316 g/mol. The number of ether oxygens (including phenoxy) is 1. The maximum absolute atomic E-state index is 5.34. The molecule has 116 valence electrons. The van der Waals surface area contributed by atoms with E-state index in [1.54, 1.807) is 18.0 Å². The molecule has 0 atom stereocenters. The van der Waals surface area contributed by atoms with Gasteiger partial charge in [0, 0.05) is 11.5 Å². The fraction of sp³-hybridized carbons (Fsp3) is 0.438. The lowest BCUT2D eigenvalue weighted by Crippen LogP contribution is -2.10. The summed E-state index contributed by atoms with van der Waals surface area (Å²) in [7, 11) is 1.66. The van der Waals surface area contributed by atoms with Gasteiger partial charge in [0.25, 0.3) is 0 Å². The van der Waals surface area contributed by atoms with Crippen molar-refractivity contribution in [3.63, 3.8) is 0 Å². The van der Waals surface area contributed by atoms with Crippen molar-refractivity contribution in [1.82, 2.24) is 14.9 Å². The van der Waals surface area contributed by atoms with Gasteiger partial charge in [0.2, 0.25) is 4.77 Å². The van der Waals surface area contributed by atoms with Crippen LogP contribution in [0.4, 0.5) is 0 Å². The van der Waals surface area contributed by atoms with Gasteiger partial charge in [-0.2, -0.15) is 14.9 Å². The number of H-pyrrole nitrogens is 1. The minimum absolute atomic E-state index is 0.441. The van der Waals surface area contributed by atoms with Crippen molar-refractivity contribution in [3.8, 4) is 5.75 Å². The Morgan fingerprint density at radius 3 is 2.86 bits per heavy atom. The van der Waals surface area contributed by atoms with Crippen LogP contribution < -0.4 is 4.74 Å². The first kappa shape index (κ1) is 15.0. The molecule has 6 heteroatoms. The van der Waals surface area contributed by atoms with Crippen molar-refractivity contribution >= 4 is 18.4 Å². The Kier molecular flexibility index (Phi) is 4.68. The molecule has 1 aliphatic carbocycles. The summed E-state index contributed by atoms with van der Waals surface area (Å²) >= 11 is 5.32. The highest BCUT2D eigenvalue weighted by Gasteiger charge is 2.21. The summed E-state index contributed by atoms with van der Waals surface area (Å²) in [6, 6.07) is 7.78. The first-order chi connectivity index (χ1) is 10.8. The molecule has 0 aliphatic heterocycles. The fourth-order valence-electron chi connectivity index (χ4n) is 2.93. The van der Waals surface area contributed by atoms with E-state index in [2.05, 4.69) is 15.3 Å². The molecule has 1 aromatic heterocycles. The van der Waals surface area contributed by atoms with Gasteiger partial charge < -0.3 is 4.74 Å². The molecule has 1 N–H and O–H groups in total. The van der Waals surface area contributed by atoms with Crippen LogP contribution in [-0.2, 0) is 0 Å². The number of hydrogen-bond donors (Lipinski definition) is 1. The minimum Gasteiger partial charge on any atom is -0.496 e. The maximum Gasteiger partial charge on any atom is 0.216 e. The standard InChI is InChI=1S/C16H20N4OS/c1-21-14-10-6-5-9-13(14)11-17-20-15(18-19-16(20)22)12-7-3-2-4-8-12/h5-6,9-12H,2-4,7-8H2,1H3,(H,19,22)/b17-11+. The number of aromatic nitrogens is 3. The van der Waals surface area contributed by atoms with Crippen LogP contribution in [0.15, 0.2) is 29.4 Å². The number of rotatable bonds is 4. The second kappa shape index (κ2) is 6.87. The van der Waals surface area contributed by atoms with E-state index in [1.807, 2.05) is 24.3 Å². The van der Waals surface area contributed by atoms with Crippen LogP contribution in [0.5, 0.6) is 5.75 Å². The van der Waals surface area contributed by atoms with Gasteiger partial charge in [-0.05, 0) is 37.2 Å². The lowest BCUT2D eigenvalue weighted by atomic mass is 9.89. The van der Waals surface area contributed by atoms with E-state index in [0.717, 1.165) is 30.0 Å². The summed E-state index contributed by atoms with van der Waals surface area (Å²) in [4.78, 5) is 0. The van der Waals surface area contributed by atoms with Crippen LogP contribution in [0.3, 0.4) is 0 Å². The highest BCUT2D eigenvalue weighted by atomic mass is 32.1. The fourth-order valence-corrected chi connectivity index (χ4v) is 3.12. The Morgan fingerprint density at radius 2 is 2.09 bits per heavy atom. The molecular formula is C16H20N4OS. The number of nitrogens with one attached hydrogen (secondary N) is 1. The molecule has 5 nitrogen and oxygen atoms in total. The molecule has 0 spiro atoms. The summed E-state index contributed by atoms with van der Waals surface area (Å²) in [6.45, 7) is 0. The van der Waals surface area contributed by atoms with Gasteiger partial charge in [0.1, 0.15) is 5.75 Å². The van der Waals surface area contributed by atoms with Gasteiger partial charge in [0.05, 0.1) is 13.3 Å². The lowest BCUT2D eigenvalue weighted by Gasteiger charge is -2.19. The summed E-state index contributed by atoms with van der Waals surface area (Å²) in [6.07, 6.45) is 7.90. The molecule has 0 radical (unpaired) electrons.